The number of hydrogen-bond acceptors (Lipinski definition) is 5. The van der Waals surface area contributed by atoms with Gasteiger partial charge in [-0.25, -0.2) is 4.98 Å². The number of aromatic nitrogens is 2. The summed E-state index contributed by atoms with van der Waals surface area (Å²) in [6, 6.07) is 0.100. The van der Waals surface area contributed by atoms with Crippen molar-refractivity contribution in [3.63, 3.8) is 0 Å². The van der Waals surface area contributed by atoms with E-state index >= 15 is 0 Å². The minimum Gasteiger partial charge on any atom is -0.361 e. The normalized spacial score (nSPS) is 18.4. The molecule has 0 bridgehead atoms. The highest BCUT2D eigenvalue weighted by molar-refractivity contribution is 7.09. The Hall–Kier alpha value is -1.69. The Bertz CT molecular complexity index is 642. The zero-order valence-corrected chi connectivity index (χ0v) is 13.4. The fourth-order valence-electron chi connectivity index (χ4n) is 3.08. The third-order valence-electron chi connectivity index (χ3n) is 3.99. The van der Waals surface area contributed by atoms with E-state index < -0.39 is 0 Å². The molecule has 0 aliphatic carbocycles. The average Bonchev–Trinajstić information content (AvgIpc) is 3.12. The second kappa shape index (κ2) is 5.60. The quantitative estimate of drug-likeness (QED) is 0.874. The molecule has 1 amide bonds. The standard InChI is InChI=1S/C15H19N3O2S/c1-9-15(10(2)20-17-9)13-5-4-6-18(13)14(19)7-12-8-21-11(3)16-12/h8,13H,4-7H2,1-3H3. The first-order chi connectivity index (χ1) is 10.1. The van der Waals surface area contributed by atoms with Crippen molar-refractivity contribution in [3.8, 4) is 0 Å². The molecule has 0 aromatic carbocycles. The number of carbonyl (C=O) groups excluding carboxylic acids is 1. The van der Waals surface area contributed by atoms with Gasteiger partial charge in [0.25, 0.3) is 0 Å². The molecule has 3 rings (SSSR count). The van der Waals surface area contributed by atoms with Crippen molar-refractivity contribution in [2.45, 2.75) is 46.1 Å². The lowest BCUT2D eigenvalue weighted by Gasteiger charge is -2.24. The molecule has 0 radical (unpaired) electrons. The molecule has 112 valence electrons. The van der Waals surface area contributed by atoms with E-state index in [1.807, 2.05) is 31.1 Å². The lowest BCUT2D eigenvalue weighted by molar-refractivity contribution is -0.131. The first-order valence-electron chi connectivity index (χ1n) is 7.19. The number of thiazole rings is 1. The molecule has 3 heterocycles. The molecule has 1 unspecified atom stereocenters. The minimum absolute atomic E-state index is 0.100. The van der Waals surface area contributed by atoms with Crippen molar-refractivity contribution in [2.24, 2.45) is 0 Å². The van der Waals surface area contributed by atoms with Gasteiger partial charge >= 0.3 is 0 Å². The highest BCUT2D eigenvalue weighted by Crippen LogP contribution is 2.35. The zero-order valence-electron chi connectivity index (χ0n) is 12.5. The summed E-state index contributed by atoms with van der Waals surface area (Å²) in [6.45, 7) is 6.62. The van der Waals surface area contributed by atoms with Gasteiger partial charge < -0.3 is 9.42 Å². The Labute approximate surface area is 128 Å². The molecular formula is C15H19N3O2S. The summed E-state index contributed by atoms with van der Waals surface area (Å²) in [7, 11) is 0. The third-order valence-corrected chi connectivity index (χ3v) is 4.82. The van der Waals surface area contributed by atoms with E-state index in [4.69, 9.17) is 4.52 Å². The van der Waals surface area contributed by atoms with E-state index in [-0.39, 0.29) is 11.9 Å². The van der Waals surface area contributed by atoms with Crippen LogP contribution in [-0.2, 0) is 11.2 Å². The zero-order chi connectivity index (χ0) is 15.0. The second-order valence-corrected chi connectivity index (χ2v) is 6.58. The summed E-state index contributed by atoms with van der Waals surface area (Å²) >= 11 is 1.59. The minimum atomic E-state index is 0.100. The van der Waals surface area contributed by atoms with Crippen molar-refractivity contribution in [1.29, 1.82) is 0 Å². The molecule has 2 aromatic heterocycles. The molecule has 1 saturated heterocycles. The van der Waals surface area contributed by atoms with Crippen molar-refractivity contribution < 1.29 is 9.32 Å². The van der Waals surface area contributed by atoms with Crippen LogP contribution in [0, 0.1) is 20.8 Å². The molecule has 21 heavy (non-hydrogen) atoms. The molecule has 2 aromatic rings. The summed E-state index contributed by atoms with van der Waals surface area (Å²) in [5, 5.41) is 6.99. The van der Waals surface area contributed by atoms with Crippen LogP contribution in [0.2, 0.25) is 0 Å². The summed E-state index contributed by atoms with van der Waals surface area (Å²) in [5.74, 6) is 0.963. The number of hydrogen-bond donors (Lipinski definition) is 0. The molecule has 1 aliphatic heterocycles. The van der Waals surface area contributed by atoms with E-state index in [1.54, 1.807) is 11.3 Å². The Balaban J connectivity index is 1.79. The molecule has 1 aliphatic rings. The maximum atomic E-state index is 12.6. The van der Waals surface area contributed by atoms with Gasteiger partial charge in [-0.1, -0.05) is 5.16 Å². The molecule has 5 nitrogen and oxygen atoms in total. The van der Waals surface area contributed by atoms with E-state index in [0.29, 0.717) is 6.42 Å². The Morgan fingerprint density at radius 3 is 2.90 bits per heavy atom. The van der Waals surface area contributed by atoms with Crippen LogP contribution in [0.4, 0.5) is 0 Å². The van der Waals surface area contributed by atoms with Gasteiger partial charge in [-0.05, 0) is 33.6 Å². The second-order valence-electron chi connectivity index (χ2n) is 5.52. The highest BCUT2D eigenvalue weighted by Gasteiger charge is 2.33. The van der Waals surface area contributed by atoms with Gasteiger partial charge in [0.2, 0.25) is 5.91 Å². The van der Waals surface area contributed by atoms with Gasteiger partial charge in [0, 0.05) is 17.5 Å². The van der Waals surface area contributed by atoms with E-state index in [0.717, 1.165) is 47.1 Å². The average molecular weight is 305 g/mol. The lowest BCUT2D eigenvalue weighted by Crippen LogP contribution is -2.32. The van der Waals surface area contributed by atoms with Crippen LogP contribution in [0.25, 0.3) is 0 Å². The predicted octanol–water partition coefficient (Wildman–Crippen LogP) is 2.96. The van der Waals surface area contributed by atoms with E-state index in [9.17, 15) is 4.79 Å². The predicted molar refractivity (Wildman–Crippen MR) is 80.2 cm³/mol. The number of carbonyl (C=O) groups is 1. The smallest absolute Gasteiger partial charge is 0.229 e. The van der Waals surface area contributed by atoms with E-state index in [2.05, 4.69) is 10.1 Å². The van der Waals surface area contributed by atoms with Gasteiger partial charge in [0.05, 0.1) is 28.9 Å². The maximum absolute atomic E-state index is 12.6. The first-order valence-corrected chi connectivity index (χ1v) is 8.07. The Morgan fingerprint density at radius 2 is 2.29 bits per heavy atom. The number of amides is 1. The van der Waals surface area contributed by atoms with Crippen LogP contribution in [0.3, 0.4) is 0 Å². The Kier molecular flexibility index (Phi) is 3.80. The highest BCUT2D eigenvalue weighted by atomic mass is 32.1. The molecule has 0 spiro atoms. The fourth-order valence-corrected chi connectivity index (χ4v) is 3.69. The van der Waals surface area contributed by atoms with Crippen molar-refractivity contribution in [2.75, 3.05) is 6.54 Å². The number of likely N-dealkylation sites (tertiary alicyclic amines) is 1. The van der Waals surface area contributed by atoms with Crippen LogP contribution in [0.5, 0.6) is 0 Å². The number of aryl methyl sites for hydroxylation is 3. The maximum Gasteiger partial charge on any atom is 0.229 e. The lowest BCUT2D eigenvalue weighted by atomic mass is 10.0. The van der Waals surface area contributed by atoms with Gasteiger partial charge in [0.1, 0.15) is 5.76 Å². The number of nitrogens with zero attached hydrogens (tertiary/aromatic N) is 3. The molecular weight excluding hydrogens is 286 g/mol. The molecule has 6 heteroatoms. The van der Waals surface area contributed by atoms with Crippen LogP contribution >= 0.6 is 11.3 Å². The first kappa shape index (κ1) is 14.3. The van der Waals surface area contributed by atoms with Crippen LogP contribution in [0.15, 0.2) is 9.90 Å². The summed E-state index contributed by atoms with van der Waals surface area (Å²) in [4.78, 5) is 18.9. The number of rotatable bonds is 3. The fraction of sp³-hybridized carbons (Fsp3) is 0.533. The van der Waals surface area contributed by atoms with Gasteiger partial charge in [-0.15, -0.1) is 11.3 Å². The summed E-state index contributed by atoms with van der Waals surface area (Å²) < 4.78 is 5.26. The van der Waals surface area contributed by atoms with Gasteiger partial charge in [-0.2, -0.15) is 0 Å². The molecule has 0 saturated carbocycles. The van der Waals surface area contributed by atoms with Gasteiger partial charge in [0.15, 0.2) is 0 Å². The molecule has 0 N–H and O–H groups in total. The van der Waals surface area contributed by atoms with Crippen LogP contribution < -0.4 is 0 Å². The Morgan fingerprint density at radius 1 is 1.48 bits per heavy atom. The van der Waals surface area contributed by atoms with Crippen LogP contribution in [0.1, 0.15) is 46.6 Å². The summed E-state index contributed by atoms with van der Waals surface area (Å²) in [6.07, 6.45) is 2.38. The summed E-state index contributed by atoms with van der Waals surface area (Å²) in [5.41, 5.74) is 2.84. The monoisotopic (exact) mass is 305 g/mol. The van der Waals surface area contributed by atoms with Crippen LogP contribution in [-0.4, -0.2) is 27.5 Å². The topological polar surface area (TPSA) is 59.2 Å². The molecule has 1 fully saturated rings. The largest absolute Gasteiger partial charge is 0.361 e. The third kappa shape index (κ3) is 2.72. The van der Waals surface area contributed by atoms with Crippen molar-refractivity contribution in [1.82, 2.24) is 15.0 Å². The van der Waals surface area contributed by atoms with Crippen molar-refractivity contribution in [3.05, 3.63) is 33.1 Å². The van der Waals surface area contributed by atoms with Crippen molar-refractivity contribution >= 4 is 17.2 Å². The molecule has 1 atom stereocenters. The van der Waals surface area contributed by atoms with Gasteiger partial charge in [-0.3, -0.25) is 4.79 Å². The van der Waals surface area contributed by atoms with E-state index in [1.165, 1.54) is 0 Å². The SMILES string of the molecule is Cc1nc(CC(=O)N2CCCC2c2c(C)noc2C)cs1.